The van der Waals surface area contributed by atoms with Gasteiger partial charge in [-0.3, -0.25) is 0 Å². The van der Waals surface area contributed by atoms with E-state index in [0.717, 1.165) is 17.5 Å². The maximum Gasteiger partial charge on any atom is 0.488 e. The predicted molar refractivity (Wildman–Crippen MR) is 51.6 cm³/mol. The van der Waals surface area contributed by atoms with E-state index in [-0.39, 0.29) is 6.61 Å². The molecule has 0 heterocycles. The zero-order chi connectivity index (χ0) is 9.84. The molecule has 70 valence electrons. The van der Waals surface area contributed by atoms with Crippen molar-refractivity contribution >= 4 is 12.6 Å². The van der Waals surface area contributed by atoms with E-state index >= 15 is 0 Å². The highest BCUT2D eigenvalue weighted by Crippen LogP contribution is 2.07. The van der Waals surface area contributed by atoms with Gasteiger partial charge in [-0.25, -0.2) is 0 Å². The number of aryl methyl sites for hydroxylation is 1. The molecule has 0 atom stereocenters. The summed E-state index contributed by atoms with van der Waals surface area (Å²) in [7, 11) is -1.43. The molecule has 4 heteroatoms. The Balaban J connectivity index is 3.05. The first kappa shape index (κ1) is 10.2. The van der Waals surface area contributed by atoms with E-state index in [1.807, 2.05) is 6.92 Å². The second-order valence-corrected chi connectivity index (χ2v) is 2.91. The van der Waals surface area contributed by atoms with Crippen LogP contribution in [0.4, 0.5) is 0 Å². The molecule has 1 aromatic rings. The molecular formula is C9H13BO3. The maximum absolute atomic E-state index is 8.95. The van der Waals surface area contributed by atoms with Crippen LogP contribution in [0, 0.1) is 0 Å². The second-order valence-electron chi connectivity index (χ2n) is 2.91. The highest BCUT2D eigenvalue weighted by atomic mass is 16.4. The van der Waals surface area contributed by atoms with Crippen molar-refractivity contribution in [1.29, 1.82) is 0 Å². The molecule has 0 saturated carbocycles. The molecule has 0 fully saturated rings. The largest absolute Gasteiger partial charge is 0.488 e. The summed E-state index contributed by atoms with van der Waals surface area (Å²) >= 11 is 0. The third kappa shape index (κ3) is 2.31. The van der Waals surface area contributed by atoms with Crippen molar-refractivity contribution in [3.8, 4) is 0 Å². The lowest BCUT2D eigenvalue weighted by Crippen LogP contribution is -2.30. The Hall–Kier alpha value is -0.835. The van der Waals surface area contributed by atoms with Gasteiger partial charge in [0.2, 0.25) is 0 Å². The number of rotatable bonds is 3. The van der Waals surface area contributed by atoms with Crippen LogP contribution >= 0.6 is 0 Å². The average Bonchev–Trinajstić information content (AvgIpc) is 2.16. The van der Waals surface area contributed by atoms with Crippen molar-refractivity contribution in [1.82, 2.24) is 0 Å². The third-order valence-electron chi connectivity index (χ3n) is 2.08. The SMILES string of the molecule is CCc1cc(B(O)O)ccc1CO. The number of hydrogen-bond acceptors (Lipinski definition) is 3. The maximum atomic E-state index is 8.95. The molecule has 3 N–H and O–H groups in total. The van der Waals surface area contributed by atoms with Crippen molar-refractivity contribution in [2.45, 2.75) is 20.0 Å². The molecule has 0 aliphatic rings. The quantitative estimate of drug-likeness (QED) is 0.545. The average molecular weight is 180 g/mol. The highest BCUT2D eigenvalue weighted by molar-refractivity contribution is 6.58. The normalized spacial score (nSPS) is 10.2. The smallest absolute Gasteiger partial charge is 0.423 e. The predicted octanol–water partition coefficient (Wildman–Crippen LogP) is -0.579. The topological polar surface area (TPSA) is 60.7 Å². The van der Waals surface area contributed by atoms with E-state index in [4.69, 9.17) is 15.2 Å². The van der Waals surface area contributed by atoms with E-state index in [9.17, 15) is 0 Å². The lowest BCUT2D eigenvalue weighted by molar-refractivity contribution is 0.280. The molecule has 0 aromatic heterocycles. The van der Waals surface area contributed by atoms with E-state index in [2.05, 4.69) is 0 Å². The Morgan fingerprint density at radius 3 is 2.38 bits per heavy atom. The summed E-state index contributed by atoms with van der Waals surface area (Å²) in [5.74, 6) is 0. The molecule has 0 aliphatic heterocycles. The molecule has 0 aliphatic carbocycles. The minimum Gasteiger partial charge on any atom is -0.423 e. The van der Waals surface area contributed by atoms with Crippen LogP contribution in [0.3, 0.4) is 0 Å². The first-order valence-electron chi connectivity index (χ1n) is 4.27. The first-order valence-corrected chi connectivity index (χ1v) is 4.27. The van der Waals surface area contributed by atoms with Crippen LogP contribution in [0.2, 0.25) is 0 Å². The van der Waals surface area contributed by atoms with Gasteiger partial charge in [-0.05, 0) is 23.0 Å². The van der Waals surface area contributed by atoms with Gasteiger partial charge >= 0.3 is 7.12 Å². The molecule has 0 bridgehead atoms. The van der Waals surface area contributed by atoms with Gasteiger partial charge in [0.1, 0.15) is 0 Å². The lowest BCUT2D eigenvalue weighted by Gasteiger charge is -2.07. The molecule has 1 rings (SSSR count). The van der Waals surface area contributed by atoms with Crippen LogP contribution in [-0.4, -0.2) is 22.3 Å². The van der Waals surface area contributed by atoms with E-state index in [1.165, 1.54) is 0 Å². The van der Waals surface area contributed by atoms with Crippen LogP contribution in [0.5, 0.6) is 0 Å². The van der Waals surface area contributed by atoms with E-state index in [0.29, 0.717) is 5.46 Å². The molecular weight excluding hydrogens is 167 g/mol. The molecule has 0 radical (unpaired) electrons. The summed E-state index contributed by atoms with van der Waals surface area (Å²) in [6, 6.07) is 5.03. The molecule has 0 amide bonds. The fraction of sp³-hybridized carbons (Fsp3) is 0.333. The Morgan fingerprint density at radius 1 is 1.23 bits per heavy atom. The van der Waals surface area contributed by atoms with Gasteiger partial charge < -0.3 is 15.2 Å². The van der Waals surface area contributed by atoms with Crippen LogP contribution in [0.15, 0.2) is 18.2 Å². The van der Waals surface area contributed by atoms with Gasteiger partial charge in [0.05, 0.1) is 6.61 Å². The van der Waals surface area contributed by atoms with Crippen LogP contribution in [-0.2, 0) is 13.0 Å². The summed E-state index contributed by atoms with van der Waals surface area (Å²) in [5, 5.41) is 26.8. The Labute approximate surface area is 77.8 Å². The monoisotopic (exact) mass is 180 g/mol. The zero-order valence-corrected chi connectivity index (χ0v) is 7.57. The van der Waals surface area contributed by atoms with Crippen molar-refractivity contribution in [2.24, 2.45) is 0 Å². The minimum atomic E-state index is -1.43. The van der Waals surface area contributed by atoms with Crippen molar-refractivity contribution in [2.75, 3.05) is 0 Å². The Morgan fingerprint density at radius 2 is 1.92 bits per heavy atom. The molecule has 0 unspecified atom stereocenters. The lowest BCUT2D eigenvalue weighted by atomic mass is 9.78. The van der Waals surface area contributed by atoms with Gasteiger partial charge in [-0.1, -0.05) is 25.1 Å². The second kappa shape index (κ2) is 4.41. The molecule has 0 saturated heterocycles. The number of benzene rings is 1. The third-order valence-corrected chi connectivity index (χ3v) is 2.08. The highest BCUT2D eigenvalue weighted by Gasteiger charge is 2.12. The molecule has 13 heavy (non-hydrogen) atoms. The summed E-state index contributed by atoms with van der Waals surface area (Å²) in [5.41, 5.74) is 2.26. The minimum absolute atomic E-state index is 0.00895. The fourth-order valence-electron chi connectivity index (χ4n) is 1.29. The number of aliphatic hydroxyl groups is 1. The Kier molecular flexibility index (Phi) is 3.48. The van der Waals surface area contributed by atoms with Crippen LogP contribution in [0.1, 0.15) is 18.1 Å². The zero-order valence-electron chi connectivity index (χ0n) is 7.57. The van der Waals surface area contributed by atoms with Gasteiger partial charge in [0.15, 0.2) is 0 Å². The summed E-state index contributed by atoms with van der Waals surface area (Å²) in [6.45, 7) is 1.95. The van der Waals surface area contributed by atoms with Gasteiger partial charge in [0.25, 0.3) is 0 Å². The van der Waals surface area contributed by atoms with Crippen LogP contribution in [0.25, 0.3) is 0 Å². The van der Waals surface area contributed by atoms with Gasteiger partial charge in [-0.2, -0.15) is 0 Å². The van der Waals surface area contributed by atoms with Crippen molar-refractivity contribution in [3.05, 3.63) is 29.3 Å². The summed E-state index contributed by atoms with van der Waals surface area (Å²) < 4.78 is 0. The van der Waals surface area contributed by atoms with Gasteiger partial charge in [0, 0.05) is 0 Å². The first-order chi connectivity index (χ1) is 6.19. The molecule has 3 nitrogen and oxygen atoms in total. The van der Waals surface area contributed by atoms with Crippen LogP contribution < -0.4 is 5.46 Å². The van der Waals surface area contributed by atoms with Gasteiger partial charge in [-0.15, -0.1) is 0 Å². The van der Waals surface area contributed by atoms with Crippen molar-refractivity contribution < 1.29 is 15.2 Å². The Bertz CT molecular complexity index is 286. The standard InChI is InChI=1S/C9H13BO3/c1-2-7-5-9(10(12)13)4-3-8(7)6-11/h3-5,11-13H,2,6H2,1H3. The van der Waals surface area contributed by atoms with E-state index in [1.54, 1.807) is 18.2 Å². The fourth-order valence-corrected chi connectivity index (χ4v) is 1.29. The number of aliphatic hydroxyl groups excluding tert-OH is 1. The molecule has 1 aromatic carbocycles. The summed E-state index contributed by atoms with van der Waals surface area (Å²) in [4.78, 5) is 0. The van der Waals surface area contributed by atoms with E-state index < -0.39 is 7.12 Å². The number of hydrogen-bond donors (Lipinski definition) is 3. The summed E-state index contributed by atoms with van der Waals surface area (Å²) in [6.07, 6.45) is 0.774. The van der Waals surface area contributed by atoms with Crippen molar-refractivity contribution in [3.63, 3.8) is 0 Å². The molecule has 0 spiro atoms.